The lowest BCUT2D eigenvalue weighted by Gasteiger charge is -2.37. The number of benzene rings is 2. The Balaban J connectivity index is 1.68. The van der Waals surface area contributed by atoms with E-state index in [1.54, 1.807) is 31.1 Å². The molecule has 2 amide bonds. The van der Waals surface area contributed by atoms with E-state index in [2.05, 4.69) is 4.98 Å². The van der Waals surface area contributed by atoms with Crippen LogP contribution in [0, 0.1) is 18.7 Å². The molecule has 0 aliphatic carbocycles. The molecule has 1 aromatic heterocycles. The van der Waals surface area contributed by atoms with Crippen LogP contribution in [0.25, 0.3) is 11.1 Å². The molecule has 2 heterocycles. The Bertz CT molecular complexity index is 1280. The molecule has 1 aliphatic heterocycles. The molecule has 3 atom stereocenters. The van der Waals surface area contributed by atoms with Gasteiger partial charge in [-0.3, -0.25) is 9.59 Å². The number of hydrogen-bond donors (Lipinski definition) is 1. The number of fused-ring (bicyclic) bond motifs is 1. The number of aryl methyl sites for hydroxylation is 1. The second kappa shape index (κ2) is 11.1. The molecule has 0 saturated heterocycles. The molecule has 0 radical (unpaired) electrons. The van der Waals surface area contributed by atoms with Crippen molar-refractivity contribution in [2.24, 2.45) is 5.92 Å². The number of nitrogens with zero attached hydrogens (tertiary/aromatic N) is 3. The van der Waals surface area contributed by atoms with Crippen molar-refractivity contribution in [3.63, 3.8) is 0 Å². The van der Waals surface area contributed by atoms with Gasteiger partial charge in [0.2, 0.25) is 5.88 Å². The van der Waals surface area contributed by atoms with Crippen molar-refractivity contribution >= 4 is 11.8 Å². The Morgan fingerprint density at radius 1 is 1.22 bits per heavy atom. The highest BCUT2D eigenvalue weighted by atomic mass is 19.1. The number of carbonyl (C=O) groups is 2. The average Bonchev–Trinajstić information content (AvgIpc) is 2.90. The highest BCUT2D eigenvalue weighted by molar-refractivity contribution is 5.98. The molecule has 4 rings (SSSR count). The summed E-state index contributed by atoms with van der Waals surface area (Å²) in [6.45, 7) is 6.11. The van der Waals surface area contributed by atoms with E-state index in [-0.39, 0.29) is 36.8 Å². The van der Waals surface area contributed by atoms with Crippen LogP contribution in [0.15, 0.2) is 60.8 Å². The van der Waals surface area contributed by atoms with Crippen LogP contribution < -0.4 is 4.74 Å². The van der Waals surface area contributed by atoms with E-state index in [9.17, 15) is 19.1 Å². The summed E-state index contributed by atoms with van der Waals surface area (Å²) in [5.41, 5.74) is 3.49. The van der Waals surface area contributed by atoms with Gasteiger partial charge < -0.3 is 19.6 Å². The number of aliphatic hydroxyl groups is 1. The van der Waals surface area contributed by atoms with Crippen molar-refractivity contribution < 1.29 is 23.8 Å². The predicted molar refractivity (Wildman–Crippen MR) is 139 cm³/mol. The number of carbonyl (C=O) groups excluding carboxylic acids is 2. The molecule has 1 aliphatic rings. The van der Waals surface area contributed by atoms with Crippen molar-refractivity contribution in [2.45, 2.75) is 32.9 Å². The summed E-state index contributed by atoms with van der Waals surface area (Å²) in [4.78, 5) is 34.3. The van der Waals surface area contributed by atoms with Crippen LogP contribution in [0.1, 0.15) is 40.1 Å². The quantitative estimate of drug-likeness (QED) is 0.543. The first-order valence-corrected chi connectivity index (χ1v) is 12.3. The Kier molecular flexibility index (Phi) is 7.88. The number of ether oxygens (including phenoxy) is 1. The Labute approximate surface area is 216 Å². The van der Waals surface area contributed by atoms with Gasteiger partial charge >= 0.3 is 0 Å². The van der Waals surface area contributed by atoms with Gasteiger partial charge in [-0.1, -0.05) is 31.2 Å². The second-order valence-corrected chi connectivity index (χ2v) is 9.71. The van der Waals surface area contributed by atoms with Crippen LogP contribution in [0.4, 0.5) is 4.39 Å². The van der Waals surface area contributed by atoms with E-state index in [0.29, 0.717) is 17.7 Å². The van der Waals surface area contributed by atoms with Gasteiger partial charge in [0.15, 0.2) is 0 Å². The molecule has 3 aromatic rings. The number of amides is 2. The largest absolute Gasteiger partial charge is 0.472 e. The second-order valence-electron chi connectivity index (χ2n) is 9.71. The summed E-state index contributed by atoms with van der Waals surface area (Å²) < 4.78 is 19.6. The maximum atomic E-state index is 13.7. The maximum Gasteiger partial charge on any atom is 0.259 e. The van der Waals surface area contributed by atoms with Gasteiger partial charge in [0.1, 0.15) is 17.5 Å². The fraction of sp³-hybridized carbons (Fsp3) is 0.345. The number of rotatable bonds is 6. The first-order valence-electron chi connectivity index (χ1n) is 12.3. The lowest BCUT2D eigenvalue weighted by atomic mass is 9.98. The smallest absolute Gasteiger partial charge is 0.259 e. The third kappa shape index (κ3) is 5.64. The zero-order chi connectivity index (χ0) is 26.7. The molecule has 0 fully saturated rings. The summed E-state index contributed by atoms with van der Waals surface area (Å²) in [7, 11) is 1.66. The van der Waals surface area contributed by atoms with Gasteiger partial charge in [-0.05, 0) is 55.3 Å². The molecule has 194 valence electrons. The van der Waals surface area contributed by atoms with Gasteiger partial charge in [0.05, 0.1) is 19.2 Å². The minimum absolute atomic E-state index is 0.174. The molecule has 37 heavy (non-hydrogen) atoms. The Morgan fingerprint density at radius 3 is 2.59 bits per heavy atom. The normalized spacial score (nSPS) is 18.3. The van der Waals surface area contributed by atoms with Crippen molar-refractivity contribution in [2.75, 3.05) is 26.7 Å². The molecule has 0 spiro atoms. The number of aromatic nitrogens is 1. The van der Waals surface area contributed by atoms with Crippen molar-refractivity contribution in [1.29, 1.82) is 0 Å². The zero-order valence-electron chi connectivity index (χ0n) is 21.5. The predicted octanol–water partition coefficient (Wildman–Crippen LogP) is 4.19. The average molecular weight is 506 g/mol. The molecule has 8 heteroatoms. The van der Waals surface area contributed by atoms with Crippen molar-refractivity contribution in [3.05, 3.63) is 83.3 Å². The molecule has 2 aromatic carbocycles. The summed E-state index contributed by atoms with van der Waals surface area (Å²) in [6, 6.07) is 14.6. The van der Waals surface area contributed by atoms with E-state index < -0.39 is 18.0 Å². The van der Waals surface area contributed by atoms with E-state index >= 15 is 0 Å². The SMILES string of the molecule is Cc1ccccc1-c1cnc2c(c1)C(=O)N([C@H](C)CO)C[C@@H](C)[C@@H](CN(C)C(=O)c1ccc(F)cc1)O2. The summed E-state index contributed by atoms with van der Waals surface area (Å²) in [5, 5.41) is 9.88. The third-order valence-corrected chi connectivity index (χ3v) is 6.87. The van der Waals surface area contributed by atoms with Crippen LogP contribution in [0.5, 0.6) is 5.88 Å². The molecular weight excluding hydrogens is 473 g/mol. The fourth-order valence-electron chi connectivity index (χ4n) is 4.53. The monoisotopic (exact) mass is 505 g/mol. The molecule has 0 unspecified atom stereocenters. The zero-order valence-corrected chi connectivity index (χ0v) is 21.5. The topological polar surface area (TPSA) is 83.0 Å². The molecule has 7 nitrogen and oxygen atoms in total. The minimum Gasteiger partial charge on any atom is -0.472 e. The van der Waals surface area contributed by atoms with Gasteiger partial charge in [0, 0.05) is 36.8 Å². The molecule has 1 N–H and O–H groups in total. The Hall–Kier alpha value is -3.78. The summed E-state index contributed by atoms with van der Waals surface area (Å²) in [5.74, 6) is -0.922. The minimum atomic E-state index is -0.480. The highest BCUT2D eigenvalue weighted by Crippen LogP contribution is 2.31. The number of halogens is 1. The van der Waals surface area contributed by atoms with Gasteiger partial charge in [-0.15, -0.1) is 0 Å². The first-order chi connectivity index (χ1) is 17.7. The third-order valence-electron chi connectivity index (χ3n) is 6.87. The van der Waals surface area contributed by atoms with E-state index in [4.69, 9.17) is 4.74 Å². The molecular formula is C29H32FN3O4. The number of aliphatic hydroxyl groups excluding tert-OH is 1. The van der Waals surface area contributed by atoms with Crippen LogP contribution in [0.3, 0.4) is 0 Å². The van der Waals surface area contributed by atoms with Crippen LogP contribution in [-0.4, -0.2) is 70.6 Å². The molecule has 0 bridgehead atoms. The van der Waals surface area contributed by atoms with Gasteiger partial charge in [-0.2, -0.15) is 0 Å². The first kappa shape index (κ1) is 26.3. The van der Waals surface area contributed by atoms with Gasteiger partial charge in [0.25, 0.3) is 11.8 Å². The Morgan fingerprint density at radius 2 is 1.92 bits per heavy atom. The number of likely N-dealkylation sites (N-methyl/N-ethyl adjacent to an activating group) is 1. The highest BCUT2D eigenvalue weighted by Gasteiger charge is 2.35. The van der Waals surface area contributed by atoms with Crippen LogP contribution >= 0.6 is 0 Å². The summed E-state index contributed by atoms with van der Waals surface area (Å²) >= 11 is 0. The van der Waals surface area contributed by atoms with E-state index in [1.165, 1.54) is 29.2 Å². The van der Waals surface area contributed by atoms with Crippen LogP contribution in [-0.2, 0) is 0 Å². The van der Waals surface area contributed by atoms with E-state index in [0.717, 1.165) is 16.7 Å². The van der Waals surface area contributed by atoms with Gasteiger partial charge in [-0.25, -0.2) is 9.37 Å². The number of pyridine rings is 1. The lowest BCUT2D eigenvalue weighted by molar-refractivity contribution is 0.0313. The summed E-state index contributed by atoms with van der Waals surface area (Å²) in [6.07, 6.45) is 1.21. The van der Waals surface area contributed by atoms with E-state index in [1.807, 2.05) is 38.1 Å². The van der Waals surface area contributed by atoms with Crippen molar-refractivity contribution in [3.8, 4) is 17.0 Å². The standard InChI is InChI=1S/C29H32FN3O4/c1-18-7-5-6-8-24(18)22-13-25-27(31-14-22)37-26(19(2)15-33(29(25)36)20(3)17-34)16-32(4)28(35)21-9-11-23(30)12-10-21/h5-14,19-20,26,34H,15-17H2,1-4H3/t19-,20-,26-/m1/s1. The van der Waals surface area contributed by atoms with Crippen molar-refractivity contribution in [1.82, 2.24) is 14.8 Å². The number of hydrogen-bond acceptors (Lipinski definition) is 5. The fourth-order valence-corrected chi connectivity index (χ4v) is 4.53. The lowest BCUT2D eigenvalue weighted by Crippen LogP contribution is -2.50. The van der Waals surface area contributed by atoms with Crippen LogP contribution in [0.2, 0.25) is 0 Å². The maximum absolute atomic E-state index is 13.7. The molecule has 0 saturated carbocycles.